The van der Waals surface area contributed by atoms with E-state index in [1.54, 1.807) is 0 Å². The Labute approximate surface area is 122 Å². The summed E-state index contributed by atoms with van der Waals surface area (Å²) in [4.78, 5) is 26.1. The Balaban J connectivity index is 3.44. The van der Waals surface area contributed by atoms with E-state index in [-0.39, 0.29) is 23.3 Å². The third-order valence-electron chi connectivity index (χ3n) is 3.42. The highest BCUT2D eigenvalue weighted by Gasteiger charge is 2.39. The van der Waals surface area contributed by atoms with E-state index in [4.69, 9.17) is 4.74 Å². The SMILES string of the molecule is CCCN1C(=O)OCC(C(C)(C)C)=C(C(C)(C)C)C1=O. The zero-order valence-electron chi connectivity index (χ0n) is 13.8. The van der Waals surface area contributed by atoms with Crippen LogP contribution >= 0.6 is 0 Å². The maximum absolute atomic E-state index is 12.8. The van der Waals surface area contributed by atoms with Gasteiger partial charge in [0.2, 0.25) is 0 Å². The van der Waals surface area contributed by atoms with Crippen molar-refractivity contribution in [1.29, 1.82) is 0 Å². The molecule has 0 aromatic rings. The maximum Gasteiger partial charge on any atom is 0.417 e. The molecule has 0 unspecified atom stereocenters. The minimum absolute atomic E-state index is 0.195. The van der Waals surface area contributed by atoms with E-state index in [1.807, 2.05) is 48.5 Å². The molecular formula is C16H27NO3. The molecule has 0 atom stereocenters. The van der Waals surface area contributed by atoms with E-state index in [2.05, 4.69) is 0 Å². The molecule has 0 aromatic carbocycles. The number of imide groups is 1. The molecular weight excluding hydrogens is 254 g/mol. The highest BCUT2D eigenvalue weighted by atomic mass is 16.6. The molecule has 0 N–H and O–H groups in total. The average Bonchev–Trinajstić information content (AvgIpc) is 2.38. The zero-order valence-corrected chi connectivity index (χ0v) is 13.8. The summed E-state index contributed by atoms with van der Waals surface area (Å²) in [5.41, 5.74) is 1.10. The number of carbonyl (C=O) groups is 2. The highest BCUT2D eigenvalue weighted by molar-refractivity contribution is 6.04. The van der Waals surface area contributed by atoms with Crippen LogP contribution in [0.15, 0.2) is 11.1 Å². The summed E-state index contributed by atoms with van der Waals surface area (Å²) in [6, 6.07) is 0. The average molecular weight is 281 g/mol. The minimum atomic E-state index is -0.530. The van der Waals surface area contributed by atoms with Crippen LogP contribution < -0.4 is 0 Å². The molecule has 1 aliphatic heterocycles. The van der Waals surface area contributed by atoms with E-state index < -0.39 is 6.09 Å². The van der Waals surface area contributed by atoms with Crippen LogP contribution in [0.4, 0.5) is 4.79 Å². The zero-order chi connectivity index (χ0) is 15.7. The van der Waals surface area contributed by atoms with Crippen molar-refractivity contribution >= 4 is 12.0 Å². The van der Waals surface area contributed by atoms with E-state index in [0.717, 1.165) is 12.0 Å². The van der Waals surface area contributed by atoms with Crippen molar-refractivity contribution in [3.8, 4) is 0 Å². The van der Waals surface area contributed by atoms with Gasteiger partial charge in [0.25, 0.3) is 5.91 Å². The molecule has 0 spiro atoms. The highest BCUT2D eigenvalue weighted by Crippen LogP contribution is 2.39. The molecule has 0 radical (unpaired) electrons. The van der Waals surface area contributed by atoms with E-state index >= 15 is 0 Å². The molecule has 0 saturated heterocycles. The summed E-state index contributed by atoms with van der Waals surface area (Å²) in [7, 11) is 0. The van der Waals surface area contributed by atoms with Gasteiger partial charge in [0.05, 0.1) is 0 Å². The number of ether oxygens (including phenoxy) is 1. The predicted octanol–water partition coefficient (Wildman–Crippen LogP) is 3.76. The monoisotopic (exact) mass is 281 g/mol. The van der Waals surface area contributed by atoms with Crippen LogP contribution in [-0.4, -0.2) is 30.1 Å². The van der Waals surface area contributed by atoms with Crippen LogP contribution in [0.5, 0.6) is 0 Å². The molecule has 1 rings (SSSR count). The Morgan fingerprint density at radius 2 is 1.60 bits per heavy atom. The molecule has 0 aromatic heterocycles. The predicted molar refractivity (Wildman–Crippen MR) is 79.3 cm³/mol. The van der Waals surface area contributed by atoms with Crippen LogP contribution in [0.3, 0.4) is 0 Å². The summed E-state index contributed by atoms with van der Waals surface area (Å²) >= 11 is 0. The van der Waals surface area contributed by atoms with Gasteiger partial charge in [-0.05, 0) is 22.8 Å². The van der Waals surface area contributed by atoms with E-state index in [1.165, 1.54) is 4.90 Å². The fourth-order valence-corrected chi connectivity index (χ4v) is 2.41. The normalized spacial score (nSPS) is 18.2. The molecule has 0 saturated carbocycles. The van der Waals surface area contributed by atoms with Gasteiger partial charge in [0, 0.05) is 12.1 Å². The van der Waals surface area contributed by atoms with Gasteiger partial charge in [-0.25, -0.2) is 9.69 Å². The van der Waals surface area contributed by atoms with Crippen LogP contribution in [0.1, 0.15) is 54.9 Å². The van der Waals surface area contributed by atoms with Crippen LogP contribution in [0, 0.1) is 10.8 Å². The van der Waals surface area contributed by atoms with Crippen LogP contribution in [-0.2, 0) is 9.53 Å². The number of nitrogens with zero attached hydrogens (tertiary/aromatic N) is 1. The number of hydrogen-bond acceptors (Lipinski definition) is 3. The maximum atomic E-state index is 12.8. The second-order valence-corrected chi connectivity index (χ2v) is 7.36. The number of hydrogen-bond donors (Lipinski definition) is 0. The molecule has 1 aliphatic rings. The van der Waals surface area contributed by atoms with Gasteiger partial charge in [0.1, 0.15) is 6.61 Å². The fraction of sp³-hybridized carbons (Fsp3) is 0.750. The molecule has 1 heterocycles. The number of cyclic esters (lactones) is 1. The van der Waals surface area contributed by atoms with Crippen molar-refractivity contribution in [2.75, 3.05) is 13.2 Å². The van der Waals surface area contributed by atoms with Crippen molar-refractivity contribution < 1.29 is 14.3 Å². The second-order valence-electron chi connectivity index (χ2n) is 7.36. The van der Waals surface area contributed by atoms with Crippen molar-refractivity contribution in [3.63, 3.8) is 0 Å². The van der Waals surface area contributed by atoms with Crippen LogP contribution in [0.2, 0.25) is 0 Å². The summed E-state index contributed by atoms with van der Waals surface area (Å²) in [6.07, 6.45) is 0.196. The quantitative estimate of drug-likeness (QED) is 0.774. The van der Waals surface area contributed by atoms with E-state index in [0.29, 0.717) is 12.1 Å². The fourth-order valence-electron chi connectivity index (χ4n) is 2.41. The van der Waals surface area contributed by atoms with Crippen molar-refractivity contribution in [3.05, 3.63) is 11.1 Å². The first-order valence-electron chi connectivity index (χ1n) is 7.23. The Hall–Kier alpha value is -1.32. The number of rotatable bonds is 2. The van der Waals surface area contributed by atoms with E-state index in [9.17, 15) is 9.59 Å². The lowest BCUT2D eigenvalue weighted by Crippen LogP contribution is -2.39. The Morgan fingerprint density at radius 3 is 2.00 bits per heavy atom. The first-order chi connectivity index (χ1) is 9.00. The Bertz CT molecular complexity index is 436. The second kappa shape index (κ2) is 5.58. The van der Waals surface area contributed by atoms with Gasteiger partial charge in [-0.2, -0.15) is 0 Å². The third kappa shape index (κ3) is 3.41. The smallest absolute Gasteiger partial charge is 0.417 e. The largest absolute Gasteiger partial charge is 0.445 e. The Morgan fingerprint density at radius 1 is 1.05 bits per heavy atom. The summed E-state index contributed by atoms with van der Waals surface area (Å²) < 4.78 is 5.31. The Kier molecular flexibility index (Phi) is 4.67. The number of amides is 2. The molecule has 0 aliphatic carbocycles. The van der Waals surface area contributed by atoms with Crippen molar-refractivity contribution in [2.24, 2.45) is 10.8 Å². The summed E-state index contributed by atoms with van der Waals surface area (Å²) in [5, 5.41) is 0. The van der Waals surface area contributed by atoms with Gasteiger partial charge in [-0.1, -0.05) is 48.5 Å². The van der Waals surface area contributed by atoms with Gasteiger partial charge in [-0.15, -0.1) is 0 Å². The molecule has 4 heteroatoms. The van der Waals surface area contributed by atoms with Gasteiger partial charge in [0.15, 0.2) is 0 Å². The van der Waals surface area contributed by atoms with Gasteiger partial charge < -0.3 is 4.74 Å². The first-order valence-corrected chi connectivity index (χ1v) is 7.23. The lowest BCUT2D eigenvalue weighted by molar-refractivity contribution is -0.126. The standard InChI is InChI=1S/C16H27NO3/c1-8-9-17-13(18)12(16(5,6)7)11(15(2,3)4)10-20-14(17)19/h8-10H2,1-7H3. The summed E-state index contributed by atoms with van der Waals surface area (Å²) in [6.45, 7) is 14.7. The van der Waals surface area contributed by atoms with Gasteiger partial charge in [-0.3, -0.25) is 4.79 Å². The molecule has 0 fully saturated rings. The number of carbonyl (C=O) groups excluding carboxylic acids is 2. The topological polar surface area (TPSA) is 46.6 Å². The molecule has 0 bridgehead atoms. The van der Waals surface area contributed by atoms with Crippen molar-refractivity contribution in [1.82, 2.24) is 4.90 Å². The molecule has 4 nitrogen and oxygen atoms in total. The molecule has 114 valence electrons. The van der Waals surface area contributed by atoms with Gasteiger partial charge >= 0.3 is 6.09 Å². The lowest BCUT2D eigenvalue weighted by atomic mass is 9.75. The summed E-state index contributed by atoms with van der Waals surface area (Å²) in [5.74, 6) is -0.202. The molecule has 20 heavy (non-hydrogen) atoms. The van der Waals surface area contributed by atoms with Crippen molar-refractivity contribution in [2.45, 2.75) is 54.9 Å². The first kappa shape index (κ1) is 16.7. The minimum Gasteiger partial charge on any atom is -0.445 e. The van der Waals surface area contributed by atoms with Crippen LogP contribution in [0.25, 0.3) is 0 Å². The third-order valence-corrected chi connectivity index (χ3v) is 3.42. The lowest BCUT2D eigenvalue weighted by Gasteiger charge is -2.31. The molecule has 2 amide bonds.